The fourth-order valence-corrected chi connectivity index (χ4v) is 2.03. The zero-order valence-electron chi connectivity index (χ0n) is 11.1. The van der Waals surface area contributed by atoms with E-state index >= 15 is 0 Å². The first-order valence-corrected chi connectivity index (χ1v) is 5.91. The van der Waals surface area contributed by atoms with Crippen molar-refractivity contribution in [3.05, 3.63) is 51.1 Å². The van der Waals surface area contributed by atoms with Gasteiger partial charge < -0.3 is 4.42 Å². The number of hydrogen-bond donors (Lipinski definition) is 1. The molecule has 7 heteroatoms. The van der Waals surface area contributed by atoms with Crippen molar-refractivity contribution in [3.8, 4) is 6.07 Å². The van der Waals surface area contributed by atoms with Crippen LogP contribution >= 0.6 is 0 Å². The molecule has 2 rings (SSSR count). The summed E-state index contributed by atoms with van der Waals surface area (Å²) in [5.74, 6) is 1.15. The smallest absolute Gasteiger partial charge is 0.315 e. The molecule has 0 aliphatic carbocycles. The Hall–Kier alpha value is -2.88. The molecule has 0 atom stereocenters. The molecular formula is C13H13N4O3+. The van der Waals surface area contributed by atoms with Crippen molar-refractivity contribution in [1.82, 2.24) is 0 Å². The Morgan fingerprint density at radius 1 is 1.55 bits per heavy atom. The number of aryl methyl sites for hydroxylation is 1. The highest BCUT2D eigenvalue weighted by Crippen LogP contribution is 2.26. The minimum atomic E-state index is -0.488. The number of anilines is 1. The Labute approximate surface area is 115 Å². The number of hydrogen-bond acceptors (Lipinski definition) is 5. The van der Waals surface area contributed by atoms with Crippen LogP contribution in [0.4, 0.5) is 11.5 Å². The number of nitrogens with zero attached hydrogens (tertiary/aromatic N) is 2. The average Bonchev–Trinajstić information content (AvgIpc) is 2.88. The zero-order valence-corrected chi connectivity index (χ0v) is 11.1. The maximum absolute atomic E-state index is 11.0. The number of aromatic nitrogens is 1. The van der Waals surface area contributed by atoms with Crippen LogP contribution in [-0.4, -0.2) is 4.92 Å². The molecule has 0 spiro atoms. The molecule has 0 saturated carbocycles. The lowest BCUT2D eigenvalue weighted by Crippen LogP contribution is -2.21. The van der Waals surface area contributed by atoms with Crippen LogP contribution in [0, 0.1) is 35.3 Å². The summed E-state index contributed by atoms with van der Waals surface area (Å²) >= 11 is 0. The van der Waals surface area contributed by atoms with E-state index in [0.717, 1.165) is 0 Å². The van der Waals surface area contributed by atoms with E-state index in [1.54, 1.807) is 32.2 Å². The number of aromatic amines is 1. The summed E-state index contributed by atoms with van der Waals surface area (Å²) in [6.45, 7) is 3.55. The SMILES string of the molecule is Cc1[nH+]c(NCc2ccco2)c(C#N)c(C)c1[N+](=O)[O-]. The largest absolute Gasteiger partial charge is 0.465 e. The molecule has 0 fully saturated rings. The van der Waals surface area contributed by atoms with Crippen LogP contribution in [0.15, 0.2) is 22.8 Å². The zero-order chi connectivity index (χ0) is 14.7. The lowest BCUT2D eigenvalue weighted by Gasteiger charge is -2.05. The van der Waals surface area contributed by atoms with Crippen LogP contribution in [0.2, 0.25) is 0 Å². The van der Waals surface area contributed by atoms with E-state index in [-0.39, 0.29) is 11.3 Å². The molecular weight excluding hydrogens is 260 g/mol. The molecule has 0 aromatic carbocycles. The molecule has 102 valence electrons. The normalized spacial score (nSPS) is 10.1. The fourth-order valence-electron chi connectivity index (χ4n) is 2.03. The minimum absolute atomic E-state index is 0.0647. The summed E-state index contributed by atoms with van der Waals surface area (Å²) in [6, 6.07) is 5.55. The summed E-state index contributed by atoms with van der Waals surface area (Å²) in [6.07, 6.45) is 1.55. The van der Waals surface area contributed by atoms with Crippen LogP contribution in [0.5, 0.6) is 0 Å². The van der Waals surface area contributed by atoms with Crippen LogP contribution < -0.4 is 10.3 Å². The molecule has 7 nitrogen and oxygen atoms in total. The second-order valence-corrected chi connectivity index (χ2v) is 4.28. The maximum Gasteiger partial charge on any atom is 0.315 e. The monoisotopic (exact) mass is 273 g/mol. The molecule has 0 saturated heterocycles. The minimum Gasteiger partial charge on any atom is -0.465 e. The van der Waals surface area contributed by atoms with Crippen LogP contribution in [0.3, 0.4) is 0 Å². The van der Waals surface area contributed by atoms with Gasteiger partial charge in [0.2, 0.25) is 0 Å². The van der Waals surface area contributed by atoms with Gasteiger partial charge in [0.1, 0.15) is 18.4 Å². The Bertz CT molecular complexity index is 687. The summed E-state index contributed by atoms with van der Waals surface area (Å²) < 4.78 is 5.18. The average molecular weight is 273 g/mol. The van der Waals surface area contributed by atoms with Gasteiger partial charge in [-0.05, 0) is 19.1 Å². The second-order valence-electron chi connectivity index (χ2n) is 4.28. The van der Waals surface area contributed by atoms with E-state index < -0.39 is 4.92 Å². The Balaban J connectivity index is 2.39. The number of furan rings is 1. The quantitative estimate of drug-likeness (QED) is 0.678. The third-order valence-corrected chi connectivity index (χ3v) is 2.96. The topological polar surface area (TPSA) is 106 Å². The standard InChI is InChI=1S/C13H12N4O3/c1-8-11(6-14)13(15-7-10-4-3-5-20-10)16-9(2)12(8)17(18)19/h3-5H,7H2,1-2H3,(H,15,16)/p+1. The first kappa shape index (κ1) is 13.5. The Morgan fingerprint density at radius 2 is 2.30 bits per heavy atom. The molecule has 2 N–H and O–H groups in total. The van der Waals surface area contributed by atoms with Crippen LogP contribution in [0.25, 0.3) is 0 Å². The van der Waals surface area contributed by atoms with E-state index in [1.807, 2.05) is 6.07 Å². The van der Waals surface area contributed by atoms with Gasteiger partial charge in [0.15, 0.2) is 11.3 Å². The molecule has 20 heavy (non-hydrogen) atoms. The van der Waals surface area contributed by atoms with Gasteiger partial charge >= 0.3 is 5.69 Å². The van der Waals surface area contributed by atoms with E-state index in [0.29, 0.717) is 29.4 Å². The molecule has 2 aromatic rings. The highest BCUT2D eigenvalue weighted by molar-refractivity contribution is 5.59. The van der Waals surface area contributed by atoms with Crippen molar-refractivity contribution < 1.29 is 14.3 Å². The number of nitriles is 1. The molecule has 2 aromatic heterocycles. The number of rotatable bonds is 4. The molecule has 0 radical (unpaired) electrons. The van der Waals surface area contributed by atoms with Gasteiger partial charge in [-0.1, -0.05) is 0 Å². The summed E-state index contributed by atoms with van der Waals surface area (Å²) in [7, 11) is 0. The predicted octanol–water partition coefficient (Wildman–Crippen LogP) is 2.10. The second kappa shape index (κ2) is 5.40. The van der Waals surface area contributed by atoms with Gasteiger partial charge in [-0.25, -0.2) is 4.98 Å². The number of nitro groups is 1. The van der Waals surface area contributed by atoms with Crippen molar-refractivity contribution >= 4 is 11.5 Å². The van der Waals surface area contributed by atoms with Crippen molar-refractivity contribution in [2.45, 2.75) is 20.4 Å². The molecule has 0 unspecified atom stereocenters. The van der Waals surface area contributed by atoms with Gasteiger partial charge in [0.25, 0.3) is 5.82 Å². The molecule has 0 bridgehead atoms. The van der Waals surface area contributed by atoms with Gasteiger partial charge in [-0.2, -0.15) is 5.26 Å². The van der Waals surface area contributed by atoms with Gasteiger partial charge in [0, 0.05) is 6.92 Å². The van der Waals surface area contributed by atoms with Crippen molar-refractivity contribution in [2.75, 3.05) is 5.32 Å². The van der Waals surface area contributed by atoms with E-state index in [2.05, 4.69) is 10.3 Å². The van der Waals surface area contributed by atoms with Crippen molar-refractivity contribution in [1.29, 1.82) is 5.26 Å². The van der Waals surface area contributed by atoms with E-state index in [9.17, 15) is 15.4 Å². The fraction of sp³-hybridized carbons (Fsp3) is 0.231. The van der Waals surface area contributed by atoms with Gasteiger partial charge in [-0.3, -0.25) is 15.4 Å². The van der Waals surface area contributed by atoms with Crippen LogP contribution in [-0.2, 0) is 6.54 Å². The summed E-state index contributed by atoms with van der Waals surface area (Å²) in [5, 5.41) is 23.2. The molecule has 2 heterocycles. The van der Waals surface area contributed by atoms with E-state index in [1.165, 1.54) is 0 Å². The third kappa shape index (κ3) is 2.44. The number of nitrogens with one attached hydrogen (secondary N) is 2. The highest BCUT2D eigenvalue weighted by atomic mass is 16.6. The Morgan fingerprint density at radius 3 is 2.85 bits per heavy atom. The van der Waals surface area contributed by atoms with Crippen LogP contribution in [0.1, 0.15) is 22.6 Å². The first-order valence-electron chi connectivity index (χ1n) is 5.91. The number of H-pyrrole nitrogens is 1. The van der Waals surface area contributed by atoms with Gasteiger partial charge in [-0.15, -0.1) is 0 Å². The Kier molecular flexibility index (Phi) is 3.66. The predicted molar refractivity (Wildman–Crippen MR) is 69.9 cm³/mol. The van der Waals surface area contributed by atoms with E-state index in [4.69, 9.17) is 4.42 Å². The maximum atomic E-state index is 11.0. The molecule has 0 aliphatic rings. The summed E-state index contributed by atoms with van der Waals surface area (Å²) in [4.78, 5) is 13.4. The first-order chi connectivity index (χ1) is 9.54. The third-order valence-electron chi connectivity index (χ3n) is 2.96. The summed E-state index contributed by atoms with van der Waals surface area (Å²) in [5.41, 5.74) is 0.906. The van der Waals surface area contributed by atoms with Crippen molar-refractivity contribution in [2.24, 2.45) is 0 Å². The molecule has 0 aliphatic heterocycles. The van der Waals surface area contributed by atoms with Gasteiger partial charge in [0.05, 0.1) is 16.7 Å². The molecule has 0 amide bonds. The lowest BCUT2D eigenvalue weighted by atomic mass is 10.1. The lowest BCUT2D eigenvalue weighted by molar-refractivity contribution is -0.419. The van der Waals surface area contributed by atoms with Crippen molar-refractivity contribution in [3.63, 3.8) is 0 Å². The number of pyridine rings is 1. The highest BCUT2D eigenvalue weighted by Gasteiger charge is 2.26.